The lowest BCUT2D eigenvalue weighted by Gasteiger charge is -2.13. The lowest BCUT2D eigenvalue weighted by molar-refractivity contribution is -0.119. The summed E-state index contributed by atoms with van der Waals surface area (Å²) in [4.78, 5) is 18.8. The van der Waals surface area contributed by atoms with E-state index >= 15 is 0 Å². The number of nitrogens with zero attached hydrogens (tertiary/aromatic N) is 2. The Kier molecular flexibility index (Phi) is 6.93. The first-order chi connectivity index (χ1) is 11.5. The van der Waals surface area contributed by atoms with E-state index in [-0.39, 0.29) is 6.54 Å². The Labute approximate surface area is 150 Å². The second-order valence-electron chi connectivity index (χ2n) is 5.11. The first-order valence-electron chi connectivity index (χ1n) is 7.31. The van der Waals surface area contributed by atoms with Gasteiger partial charge in [0.1, 0.15) is 0 Å². The molecule has 0 fully saturated rings. The van der Waals surface area contributed by atoms with Crippen molar-refractivity contribution in [1.82, 2.24) is 20.6 Å². The molecule has 0 aliphatic heterocycles. The van der Waals surface area contributed by atoms with Crippen molar-refractivity contribution in [2.45, 2.75) is 17.5 Å². The molecule has 128 valence electrons. The van der Waals surface area contributed by atoms with Gasteiger partial charge in [0, 0.05) is 18.7 Å². The van der Waals surface area contributed by atoms with E-state index < -0.39 is 16.8 Å². The van der Waals surface area contributed by atoms with Crippen molar-refractivity contribution in [2.75, 3.05) is 13.6 Å². The van der Waals surface area contributed by atoms with Crippen LogP contribution in [0, 0.1) is 0 Å². The zero-order valence-corrected chi connectivity index (χ0v) is 14.6. The lowest BCUT2D eigenvalue weighted by atomic mass is 10.1. The summed E-state index contributed by atoms with van der Waals surface area (Å²) >= 11 is 10.9. The second-order valence-corrected chi connectivity index (χ2v) is 6.20. The molecule has 1 amide bonds. The van der Waals surface area contributed by atoms with Gasteiger partial charge in [0.05, 0.1) is 29.9 Å². The summed E-state index contributed by atoms with van der Waals surface area (Å²) in [6.07, 6.45) is 2.58. The van der Waals surface area contributed by atoms with Gasteiger partial charge in [0.15, 0.2) is 4.84 Å². The smallest absolute Gasteiger partial charge is 0.253 e. The van der Waals surface area contributed by atoms with E-state index in [0.717, 1.165) is 17.0 Å². The van der Waals surface area contributed by atoms with Gasteiger partial charge in [-0.3, -0.25) is 14.8 Å². The number of carbonyl (C=O) groups excluding carboxylic acids is 1. The van der Waals surface area contributed by atoms with Gasteiger partial charge in [-0.25, -0.2) is 0 Å². The normalized spacial score (nSPS) is 12.2. The van der Waals surface area contributed by atoms with E-state index in [9.17, 15) is 9.90 Å². The Morgan fingerprint density at radius 3 is 2.46 bits per heavy atom. The number of nitrogens with one attached hydrogen (secondary N) is 2. The average molecular weight is 369 g/mol. The molecule has 1 unspecified atom stereocenters. The van der Waals surface area contributed by atoms with E-state index in [1.807, 2.05) is 19.2 Å². The van der Waals surface area contributed by atoms with Gasteiger partial charge in [-0.15, -0.1) is 0 Å². The van der Waals surface area contributed by atoms with Crippen LogP contribution in [0.4, 0.5) is 0 Å². The molecule has 1 aromatic carbocycles. The fourth-order valence-corrected chi connectivity index (χ4v) is 2.20. The highest BCUT2D eigenvalue weighted by Gasteiger charge is 2.14. The molecule has 1 heterocycles. The summed E-state index contributed by atoms with van der Waals surface area (Å²) < 4.78 is 0. The third kappa shape index (κ3) is 5.14. The molecule has 0 saturated carbocycles. The van der Waals surface area contributed by atoms with Gasteiger partial charge in [-0.2, -0.15) is 0 Å². The number of aliphatic hydroxyl groups excluding tert-OH is 1. The van der Waals surface area contributed by atoms with Crippen molar-refractivity contribution in [3.63, 3.8) is 0 Å². The molecule has 8 heteroatoms. The van der Waals surface area contributed by atoms with Crippen LogP contribution in [-0.4, -0.2) is 39.4 Å². The topological polar surface area (TPSA) is 87.1 Å². The van der Waals surface area contributed by atoms with Crippen LogP contribution in [-0.2, 0) is 11.3 Å². The monoisotopic (exact) mass is 368 g/mol. The van der Waals surface area contributed by atoms with Crippen LogP contribution in [0.1, 0.15) is 17.4 Å². The molecule has 1 atom stereocenters. The third-order valence-corrected chi connectivity index (χ3v) is 3.72. The van der Waals surface area contributed by atoms with E-state index in [1.165, 1.54) is 0 Å². The lowest BCUT2D eigenvalue weighted by Crippen LogP contribution is -2.32. The molecule has 2 aromatic rings. The highest BCUT2D eigenvalue weighted by Crippen LogP contribution is 2.20. The van der Waals surface area contributed by atoms with Crippen molar-refractivity contribution in [2.24, 2.45) is 0 Å². The molecular weight excluding hydrogens is 351 g/mol. The van der Waals surface area contributed by atoms with Crippen molar-refractivity contribution in [1.29, 1.82) is 0 Å². The van der Waals surface area contributed by atoms with Crippen molar-refractivity contribution >= 4 is 29.1 Å². The predicted octanol–water partition coefficient (Wildman–Crippen LogP) is 1.82. The summed E-state index contributed by atoms with van der Waals surface area (Å²) in [6.45, 7) is 0.697. The minimum absolute atomic E-state index is 0.0344. The molecule has 24 heavy (non-hydrogen) atoms. The number of hydrogen-bond acceptors (Lipinski definition) is 5. The molecule has 3 N–H and O–H groups in total. The standard InChI is InChI=1S/C16H18Cl2N4O2/c1-19-6-12-7-21-13(8-20-12)10-2-4-11(5-3-10)14(23)9-22-16(24)15(17)18/h2-5,7-8,14-15,19,23H,6,9H2,1H3,(H,22,24). The van der Waals surface area contributed by atoms with E-state index in [4.69, 9.17) is 23.2 Å². The molecular formula is C16H18Cl2N4O2. The summed E-state index contributed by atoms with van der Waals surface area (Å²) in [5.74, 6) is -0.536. The van der Waals surface area contributed by atoms with Crippen LogP contribution in [0.2, 0.25) is 0 Å². The number of aliphatic hydroxyl groups is 1. The Balaban J connectivity index is 2.00. The van der Waals surface area contributed by atoms with Crippen LogP contribution in [0.25, 0.3) is 11.3 Å². The third-order valence-electron chi connectivity index (χ3n) is 3.32. The zero-order chi connectivity index (χ0) is 17.5. The number of alkyl halides is 2. The maximum Gasteiger partial charge on any atom is 0.253 e. The fourth-order valence-electron chi connectivity index (χ4n) is 2.04. The first kappa shape index (κ1) is 18.6. The fraction of sp³-hybridized carbons (Fsp3) is 0.312. The van der Waals surface area contributed by atoms with Crippen molar-refractivity contribution in [3.8, 4) is 11.3 Å². The van der Waals surface area contributed by atoms with Gasteiger partial charge < -0.3 is 15.7 Å². The molecule has 0 aliphatic rings. The van der Waals surface area contributed by atoms with Crippen LogP contribution in [0.5, 0.6) is 0 Å². The van der Waals surface area contributed by atoms with Crippen LogP contribution in [0.3, 0.4) is 0 Å². The average Bonchev–Trinajstić information content (AvgIpc) is 2.60. The maximum absolute atomic E-state index is 11.3. The number of benzene rings is 1. The van der Waals surface area contributed by atoms with Gasteiger partial charge >= 0.3 is 0 Å². The molecule has 0 saturated heterocycles. The summed E-state index contributed by atoms with van der Waals surface area (Å²) in [6, 6.07) is 7.23. The summed E-state index contributed by atoms with van der Waals surface area (Å²) in [7, 11) is 1.85. The Morgan fingerprint density at radius 1 is 1.21 bits per heavy atom. The van der Waals surface area contributed by atoms with E-state index in [1.54, 1.807) is 24.5 Å². The van der Waals surface area contributed by atoms with Crippen molar-refractivity contribution in [3.05, 3.63) is 47.9 Å². The highest BCUT2D eigenvalue weighted by molar-refractivity contribution is 6.53. The van der Waals surface area contributed by atoms with Crippen LogP contribution < -0.4 is 10.6 Å². The molecule has 0 spiro atoms. The minimum atomic E-state index is -1.15. The second kappa shape index (κ2) is 8.94. The largest absolute Gasteiger partial charge is 0.387 e. The Morgan fingerprint density at radius 2 is 1.92 bits per heavy atom. The van der Waals surface area contributed by atoms with Crippen LogP contribution in [0.15, 0.2) is 36.7 Å². The minimum Gasteiger partial charge on any atom is -0.387 e. The number of carbonyl (C=O) groups is 1. The van der Waals surface area contributed by atoms with Crippen LogP contribution >= 0.6 is 23.2 Å². The molecule has 0 bridgehead atoms. The molecule has 1 aromatic heterocycles. The number of rotatable bonds is 7. The van der Waals surface area contributed by atoms with E-state index in [2.05, 4.69) is 20.6 Å². The highest BCUT2D eigenvalue weighted by atomic mass is 35.5. The first-order valence-corrected chi connectivity index (χ1v) is 8.18. The Bertz CT molecular complexity index is 663. The number of aromatic nitrogens is 2. The number of halogens is 2. The van der Waals surface area contributed by atoms with E-state index in [0.29, 0.717) is 12.1 Å². The molecule has 0 aliphatic carbocycles. The number of amides is 1. The maximum atomic E-state index is 11.3. The van der Waals surface area contributed by atoms with Gasteiger partial charge in [-0.1, -0.05) is 47.5 Å². The van der Waals surface area contributed by atoms with Gasteiger partial charge in [-0.05, 0) is 12.6 Å². The molecule has 0 radical (unpaired) electrons. The Hall–Kier alpha value is -1.73. The number of hydrogen-bond donors (Lipinski definition) is 3. The summed E-state index contributed by atoms with van der Waals surface area (Å²) in [5.41, 5.74) is 3.16. The predicted molar refractivity (Wildman–Crippen MR) is 93.7 cm³/mol. The molecule has 6 nitrogen and oxygen atoms in total. The van der Waals surface area contributed by atoms with Gasteiger partial charge in [0.2, 0.25) is 0 Å². The SMILES string of the molecule is CNCc1cnc(-c2ccc(C(O)CNC(=O)C(Cl)Cl)cc2)cn1. The quantitative estimate of drug-likeness (QED) is 0.648. The van der Waals surface area contributed by atoms with Gasteiger partial charge in [0.25, 0.3) is 5.91 Å². The molecule has 2 rings (SSSR count). The summed E-state index contributed by atoms with van der Waals surface area (Å²) in [5, 5.41) is 15.5. The van der Waals surface area contributed by atoms with Crippen molar-refractivity contribution < 1.29 is 9.90 Å². The zero-order valence-electron chi connectivity index (χ0n) is 13.0.